The molecule has 1 amide bonds. The van der Waals surface area contributed by atoms with E-state index in [4.69, 9.17) is 14.2 Å². The van der Waals surface area contributed by atoms with Crippen LogP contribution in [0, 0.1) is 6.92 Å². The van der Waals surface area contributed by atoms with E-state index >= 15 is 0 Å². The molecule has 1 aromatic heterocycles. The van der Waals surface area contributed by atoms with E-state index in [9.17, 15) is 9.59 Å². The number of rotatable bonds is 7. The molecule has 0 spiro atoms. The van der Waals surface area contributed by atoms with Gasteiger partial charge in [0.2, 0.25) is 0 Å². The minimum atomic E-state index is -0.491. The molecular weight excluding hydrogens is 402 g/mol. The molecule has 0 bridgehead atoms. The van der Waals surface area contributed by atoms with Gasteiger partial charge in [-0.2, -0.15) is 0 Å². The number of amides is 1. The molecule has 3 rings (SSSR count). The number of hydrogen-bond acceptors (Lipinski definition) is 6. The lowest BCUT2D eigenvalue weighted by atomic mass is 10.0. The molecule has 0 saturated carbocycles. The highest BCUT2D eigenvalue weighted by molar-refractivity contribution is 7.17. The van der Waals surface area contributed by atoms with Gasteiger partial charge < -0.3 is 19.5 Å². The van der Waals surface area contributed by atoms with E-state index in [0.29, 0.717) is 33.2 Å². The Labute approximate surface area is 179 Å². The second-order valence-corrected chi connectivity index (χ2v) is 7.57. The summed E-state index contributed by atoms with van der Waals surface area (Å²) in [5.41, 5.74) is 2.30. The van der Waals surface area contributed by atoms with Crippen LogP contribution >= 0.6 is 11.3 Å². The van der Waals surface area contributed by atoms with E-state index in [2.05, 4.69) is 5.32 Å². The molecule has 1 N–H and O–H groups in total. The van der Waals surface area contributed by atoms with E-state index in [1.54, 1.807) is 57.5 Å². The number of hydrogen-bond donors (Lipinski definition) is 1. The maximum absolute atomic E-state index is 12.8. The summed E-state index contributed by atoms with van der Waals surface area (Å²) in [7, 11) is 3.12. The third kappa shape index (κ3) is 4.31. The van der Waals surface area contributed by atoms with Crippen LogP contribution in [0.2, 0.25) is 0 Å². The fourth-order valence-electron chi connectivity index (χ4n) is 3.13. The van der Waals surface area contributed by atoms with Crippen LogP contribution in [-0.4, -0.2) is 32.7 Å². The number of benzene rings is 2. The molecule has 1 heterocycles. The molecule has 2 aromatic carbocycles. The lowest BCUT2D eigenvalue weighted by Crippen LogP contribution is -2.14. The Morgan fingerprint density at radius 1 is 1.00 bits per heavy atom. The number of aryl methyl sites for hydroxylation is 1. The predicted molar refractivity (Wildman–Crippen MR) is 118 cm³/mol. The molecule has 3 aromatic rings. The zero-order valence-electron chi connectivity index (χ0n) is 17.3. The van der Waals surface area contributed by atoms with Gasteiger partial charge in [0.25, 0.3) is 5.91 Å². The summed E-state index contributed by atoms with van der Waals surface area (Å²) < 4.78 is 16.0. The molecule has 0 aliphatic carbocycles. The van der Waals surface area contributed by atoms with Crippen molar-refractivity contribution in [2.75, 3.05) is 26.1 Å². The van der Waals surface area contributed by atoms with Crippen molar-refractivity contribution in [2.45, 2.75) is 13.8 Å². The monoisotopic (exact) mass is 425 g/mol. The zero-order valence-corrected chi connectivity index (χ0v) is 18.1. The van der Waals surface area contributed by atoms with Crippen LogP contribution in [0.25, 0.3) is 11.1 Å². The molecule has 7 heteroatoms. The van der Waals surface area contributed by atoms with Crippen molar-refractivity contribution in [1.29, 1.82) is 0 Å². The summed E-state index contributed by atoms with van der Waals surface area (Å²) in [4.78, 5) is 26.4. The van der Waals surface area contributed by atoms with Crippen LogP contribution in [0.4, 0.5) is 5.00 Å². The van der Waals surface area contributed by atoms with E-state index in [1.165, 1.54) is 11.3 Å². The van der Waals surface area contributed by atoms with Gasteiger partial charge in [-0.15, -0.1) is 11.3 Å². The number of carbonyl (C=O) groups excluding carboxylic acids is 2. The van der Waals surface area contributed by atoms with E-state index in [1.807, 2.05) is 19.1 Å². The number of anilines is 1. The minimum Gasteiger partial charge on any atom is -0.493 e. The fraction of sp³-hybridized carbons (Fsp3) is 0.217. The predicted octanol–water partition coefficient (Wildman–Crippen LogP) is 5.17. The third-order valence-electron chi connectivity index (χ3n) is 4.50. The summed E-state index contributed by atoms with van der Waals surface area (Å²) in [6.07, 6.45) is 0. The summed E-state index contributed by atoms with van der Waals surface area (Å²) >= 11 is 1.33. The summed E-state index contributed by atoms with van der Waals surface area (Å²) in [5, 5.41) is 3.32. The number of nitrogens with one attached hydrogen (secondary N) is 1. The lowest BCUT2D eigenvalue weighted by Gasteiger charge is -2.12. The Morgan fingerprint density at radius 3 is 2.33 bits per heavy atom. The Bertz CT molecular complexity index is 1060. The van der Waals surface area contributed by atoms with Gasteiger partial charge in [0.1, 0.15) is 10.6 Å². The highest BCUT2D eigenvalue weighted by atomic mass is 32.1. The van der Waals surface area contributed by atoms with Gasteiger partial charge in [0.15, 0.2) is 11.5 Å². The smallest absolute Gasteiger partial charge is 0.341 e. The topological polar surface area (TPSA) is 73.9 Å². The van der Waals surface area contributed by atoms with Crippen LogP contribution in [-0.2, 0) is 4.74 Å². The van der Waals surface area contributed by atoms with Crippen LogP contribution in [0.15, 0.2) is 48.5 Å². The molecule has 0 unspecified atom stereocenters. The molecule has 156 valence electrons. The average molecular weight is 426 g/mol. The molecular formula is C23H23NO5S. The van der Waals surface area contributed by atoms with Crippen LogP contribution in [0.3, 0.4) is 0 Å². The first-order valence-corrected chi connectivity index (χ1v) is 10.2. The van der Waals surface area contributed by atoms with Gasteiger partial charge in [0, 0.05) is 16.0 Å². The summed E-state index contributed by atoms with van der Waals surface area (Å²) in [6, 6.07) is 14.3. The molecule has 30 heavy (non-hydrogen) atoms. The lowest BCUT2D eigenvalue weighted by molar-refractivity contribution is 0.0529. The first-order chi connectivity index (χ1) is 14.5. The normalized spacial score (nSPS) is 10.4. The van der Waals surface area contributed by atoms with E-state index < -0.39 is 5.97 Å². The van der Waals surface area contributed by atoms with Gasteiger partial charge in [-0.05, 0) is 43.7 Å². The molecule has 0 fully saturated rings. The van der Waals surface area contributed by atoms with Crippen molar-refractivity contribution in [3.05, 3.63) is 64.5 Å². The summed E-state index contributed by atoms with van der Waals surface area (Å²) in [5.74, 6) is 0.353. The molecule has 6 nitrogen and oxygen atoms in total. The van der Waals surface area contributed by atoms with Gasteiger partial charge >= 0.3 is 5.97 Å². The van der Waals surface area contributed by atoms with Crippen LogP contribution < -0.4 is 14.8 Å². The first-order valence-electron chi connectivity index (χ1n) is 9.39. The zero-order chi connectivity index (χ0) is 21.7. The average Bonchev–Trinajstić information content (AvgIpc) is 3.09. The fourth-order valence-corrected chi connectivity index (χ4v) is 4.19. The molecule has 0 aliphatic rings. The van der Waals surface area contributed by atoms with Crippen molar-refractivity contribution >= 4 is 28.2 Å². The number of carbonyl (C=O) groups is 2. The molecule has 0 atom stereocenters. The number of thiophene rings is 1. The maximum Gasteiger partial charge on any atom is 0.341 e. The van der Waals surface area contributed by atoms with Crippen molar-refractivity contribution in [3.63, 3.8) is 0 Å². The first kappa shape index (κ1) is 21.4. The Hall–Kier alpha value is -3.32. The second-order valence-electron chi connectivity index (χ2n) is 6.35. The Kier molecular flexibility index (Phi) is 6.74. The van der Waals surface area contributed by atoms with Crippen molar-refractivity contribution in [1.82, 2.24) is 0 Å². The highest BCUT2D eigenvalue weighted by Crippen LogP contribution is 2.43. The van der Waals surface area contributed by atoms with Gasteiger partial charge in [-0.3, -0.25) is 4.79 Å². The van der Waals surface area contributed by atoms with Crippen LogP contribution in [0.5, 0.6) is 11.5 Å². The number of ether oxygens (including phenoxy) is 3. The summed E-state index contributed by atoms with van der Waals surface area (Å²) in [6.45, 7) is 3.87. The largest absolute Gasteiger partial charge is 0.493 e. The molecule has 0 aliphatic heterocycles. The van der Waals surface area contributed by atoms with Gasteiger partial charge in [-0.1, -0.05) is 24.3 Å². The van der Waals surface area contributed by atoms with Gasteiger partial charge in [0.05, 0.1) is 20.8 Å². The van der Waals surface area contributed by atoms with Crippen molar-refractivity contribution in [2.24, 2.45) is 0 Å². The highest BCUT2D eigenvalue weighted by Gasteiger charge is 2.26. The van der Waals surface area contributed by atoms with Crippen molar-refractivity contribution in [3.8, 4) is 22.6 Å². The standard InChI is InChI=1S/C23H23NO5S/c1-5-29-23(26)20-19(16-11-12-17(27-3)18(13-16)28-4)14(2)30-22(20)24-21(25)15-9-7-6-8-10-15/h6-13H,5H2,1-4H3,(H,24,25). The van der Waals surface area contributed by atoms with Crippen molar-refractivity contribution < 1.29 is 23.8 Å². The van der Waals surface area contributed by atoms with Crippen LogP contribution in [0.1, 0.15) is 32.5 Å². The minimum absolute atomic E-state index is 0.227. The van der Waals surface area contributed by atoms with E-state index in [0.717, 1.165) is 10.4 Å². The third-order valence-corrected chi connectivity index (χ3v) is 5.52. The Morgan fingerprint density at radius 2 is 1.70 bits per heavy atom. The second kappa shape index (κ2) is 9.45. The Balaban J connectivity index is 2.10. The molecule has 0 saturated heterocycles. The number of methoxy groups -OCH3 is 2. The van der Waals surface area contributed by atoms with Gasteiger partial charge in [-0.25, -0.2) is 4.79 Å². The van der Waals surface area contributed by atoms with E-state index in [-0.39, 0.29) is 12.5 Å². The quantitative estimate of drug-likeness (QED) is 0.529. The SMILES string of the molecule is CCOC(=O)c1c(NC(=O)c2ccccc2)sc(C)c1-c1ccc(OC)c(OC)c1. The maximum atomic E-state index is 12.8. The number of esters is 1. The molecule has 0 radical (unpaired) electrons.